The molecule has 4 rings (SSSR count). The van der Waals surface area contributed by atoms with Crippen LogP contribution in [0.4, 0.5) is 0 Å². The van der Waals surface area contributed by atoms with Gasteiger partial charge in [0.05, 0.1) is 26.1 Å². The molecule has 8 heteroatoms. The molecule has 152 valence electrons. The van der Waals surface area contributed by atoms with Crippen molar-refractivity contribution < 1.29 is 19.4 Å². The quantitative estimate of drug-likeness (QED) is 0.485. The number of pyridine rings is 1. The molecular formula is C22H20N4O4. The first-order valence-corrected chi connectivity index (χ1v) is 9.32. The predicted molar refractivity (Wildman–Crippen MR) is 111 cm³/mol. The third kappa shape index (κ3) is 4.07. The highest BCUT2D eigenvalue weighted by atomic mass is 16.5. The summed E-state index contributed by atoms with van der Waals surface area (Å²) in [6.45, 7) is 0. The van der Waals surface area contributed by atoms with Crippen LogP contribution in [0, 0.1) is 0 Å². The van der Waals surface area contributed by atoms with Crippen LogP contribution < -0.4 is 9.47 Å². The van der Waals surface area contributed by atoms with Crippen molar-refractivity contribution in [2.75, 3.05) is 14.2 Å². The first-order chi connectivity index (χ1) is 14.6. The second kappa shape index (κ2) is 8.20. The van der Waals surface area contributed by atoms with Gasteiger partial charge in [-0.3, -0.25) is 0 Å². The first kappa shape index (κ1) is 19.4. The molecule has 3 aromatic heterocycles. The lowest BCUT2D eigenvalue weighted by Crippen LogP contribution is -1.99. The van der Waals surface area contributed by atoms with Crippen LogP contribution in [0.25, 0.3) is 22.4 Å². The highest BCUT2D eigenvalue weighted by Crippen LogP contribution is 2.25. The van der Waals surface area contributed by atoms with Crippen molar-refractivity contribution in [3.8, 4) is 22.8 Å². The third-order valence-corrected chi connectivity index (χ3v) is 4.75. The smallest absolute Gasteiger partial charge is 0.354 e. The topological polar surface area (TPSA) is 110 Å². The number of aryl methyl sites for hydroxylation is 2. The summed E-state index contributed by atoms with van der Waals surface area (Å²) in [5, 5.41) is 9.14. The van der Waals surface area contributed by atoms with Gasteiger partial charge in [0.1, 0.15) is 22.7 Å². The Bertz CT molecular complexity index is 1200. The van der Waals surface area contributed by atoms with Gasteiger partial charge in [-0.05, 0) is 48.7 Å². The number of carbonyl (C=O) groups is 1. The van der Waals surface area contributed by atoms with Crippen LogP contribution in [0.3, 0.4) is 0 Å². The number of nitrogens with zero attached hydrogens (tertiary/aromatic N) is 3. The number of aromatic carboxylic acids is 1. The second-order valence-electron chi connectivity index (χ2n) is 6.73. The van der Waals surface area contributed by atoms with Crippen molar-refractivity contribution in [3.05, 3.63) is 65.7 Å². The Hall–Kier alpha value is -3.94. The molecule has 30 heavy (non-hydrogen) atoms. The number of hydrogen-bond donors (Lipinski definition) is 2. The Morgan fingerprint density at radius 3 is 2.50 bits per heavy atom. The number of nitrogens with one attached hydrogen (secondary N) is 1. The summed E-state index contributed by atoms with van der Waals surface area (Å²) in [6.07, 6.45) is 4.68. The van der Waals surface area contributed by atoms with Gasteiger partial charge in [0.2, 0.25) is 0 Å². The number of rotatable bonds is 7. The lowest BCUT2D eigenvalue weighted by atomic mass is 10.1. The zero-order valence-electron chi connectivity index (χ0n) is 16.5. The number of H-pyrrole nitrogens is 1. The molecule has 0 aliphatic heterocycles. The van der Waals surface area contributed by atoms with Crippen molar-refractivity contribution in [1.82, 2.24) is 19.9 Å². The fourth-order valence-corrected chi connectivity index (χ4v) is 3.21. The third-order valence-electron chi connectivity index (χ3n) is 4.75. The molecule has 0 fully saturated rings. The lowest BCUT2D eigenvalue weighted by molar-refractivity contribution is 0.0690. The van der Waals surface area contributed by atoms with Gasteiger partial charge in [-0.2, -0.15) is 0 Å². The Kier molecular flexibility index (Phi) is 5.30. The molecule has 0 unspecified atom stereocenters. The molecule has 1 aromatic carbocycles. The van der Waals surface area contributed by atoms with Crippen LogP contribution in [0.15, 0.2) is 48.8 Å². The van der Waals surface area contributed by atoms with E-state index < -0.39 is 5.97 Å². The van der Waals surface area contributed by atoms with E-state index in [9.17, 15) is 4.79 Å². The van der Waals surface area contributed by atoms with E-state index >= 15 is 0 Å². The summed E-state index contributed by atoms with van der Waals surface area (Å²) in [5.74, 6) is 0.430. The fourth-order valence-electron chi connectivity index (χ4n) is 3.21. The van der Waals surface area contributed by atoms with E-state index in [-0.39, 0.29) is 5.69 Å². The number of benzene rings is 1. The fraction of sp³-hybridized carbons (Fsp3) is 0.182. The minimum atomic E-state index is -1.07. The molecule has 0 saturated heterocycles. The highest BCUT2D eigenvalue weighted by molar-refractivity contribution is 5.88. The minimum Gasteiger partial charge on any atom is -0.497 e. The van der Waals surface area contributed by atoms with Crippen molar-refractivity contribution in [2.24, 2.45) is 0 Å². The van der Waals surface area contributed by atoms with Crippen LogP contribution in [0.5, 0.6) is 11.5 Å². The lowest BCUT2D eigenvalue weighted by Gasteiger charge is -2.08. The van der Waals surface area contributed by atoms with Crippen molar-refractivity contribution in [2.45, 2.75) is 12.8 Å². The maximum Gasteiger partial charge on any atom is 0.354 e. The van der Waals surface area contributed by atoms with E-state index in [1.807, 2.05) is 24.3 Å². The first-order valence-electron chi connectivity index (χ1n) is 9.32. The zero-order valence-corrected chi connectivity index (χ0v) is 16.5. The molecule has 4 aromatic rings. The van der Waals surface area contributed by atoms with Crippen LogP contribution in [0.1, 0.15) is 21.7 Å². The van der Waals surface area contributed by atoms with Gasteiger partial charge in [0.15, 0.2) is 5.65 Å². The standard InChI is InChI=1S/C22H20N4O4/c1-29-16-7-13(8-17(10-16)30-2)3-4-15-12-24-21-19(25-15)11-18(26-21)14-5-6-23-20(9-14)22(27)28/h5-12H,3-4H2,1-2H3,(H,24,26)(H,27,28). The Labute approximate surface area is 172 Å². The van der Waals surface area contributed by atoms with Crippen LogP contribution in [-0.4, -0.2) is 45.2 Å². The van der Waals surface area contributed by atoms with E-state index in [1.165, 1.54) is 12.3 Å². The maximum absolute atomic E-state index is 11.2. The number of hydrogen-bond acceptors (Lipinski definition) is 6. The molecule has 0 radical (unpaired) electrons. The van der Waals surface area contributed by atoms with Crippen LogP contribution >= 0.6 is 0 Å². The van der Waals surface area contributed by atoms with E-state index in [2.05, 4.69) is 15.0 Å². The van der Waals surface area contributed by atoms with Crippen molar-refractivity contribution >= 4 is 17.1 Å². The van der Waals surface area contributed by atoms with Crippen molar-refractivity contribution in [3.63, 3.8) is 0 Å². The molecule has 0 amide bonds. The maximum atomic E-state index is 11.2. The monoisotopic (exact) mass is 404 g/mol. The summed E-state index contributed by atoms with van der Waals surface area (Å²) < 4.78 is 10.6. The Balaban J connectivity index is 1.56. The van der Waals surface area contributed by atoms with Crippen molar-refractivity contribution in [1.29, 1.82) is 0 Å². The number of ether oxygens (including phenoxy) is 2. The number of fused-ring (bicyclic) bond motifs is 1. The summed E-state index contributed by atoms with van der Waals surface area (Å²) in [4.78, 5) is 27.3. The van der Waals surface area contributed by atoms with E-state index in [0.717, 1.165) is 40.4 Å². The van der Waals surface area contributed by atoms with E-state index in [0.29, 0.717) is 17.6 Å². The zero-order chi connectivity index (χ0) is 21.1. The Morgan fingerprint density at radius 2 is 1.80 bits per heavy atom. The van der Waals surface area contributed by atoms with Gasteiger partial charge in [-0.25, -0.2) is 19.7 Å². The molecular weight excluding hydrogens is 384 g/mol. The summed E-state index contributed by atoms with van der Waals surface area (Å²) in [7, 11) is 3.26. The van der Waals surface area contributed by atoms with Crippen LogP contribution in [0.2, 0.25) is 0 Å². The van der Waals surface area contributed by atoms with Gasteiger partial charge in [0.25, 0.3) is 0 Å². The van der Waals surface area contributed by atoms with E-state index in [4.69, 9.17) is 19.6 Å². The normalized spacial score (nSPS) is 10.9. The molecule has 0 aliphatic rings. The SMILES string of the molecule is COc1cc(CCc2cnc3[nH]c(-c4ccnc(C(=O)O)c4)cc3n2)cc(OC)c1. The number of carboxylic acid groups (broad SMARTS) is 1. The number of aromatic nitrogens is 4. The molecule has 8 nitrogen and oxygen atoms in total. The van der Waals surface area contributed by atoms with Crippen LogP contribution in [-0.2, 0) is 12.8 Å². The van der Waals surface area contributed by atoms with Gasteiger partial charge >= 0.3 is 5.97 Å². The number of methoxy groups -OCH3 is 2. The molecule has 2 N–H and O–H groups in total. The predicted octanol–water partition coefficient (Wildman–Crippen LogP) is 3.52. The summed E-state index contributed by atoms with van der Waals surface area (Å²) >= 11 is 0. The molecule has 0 atom stereocenters. The highest BCUT2D eigenvalue weighted by Gasteiger charge is 2.11. The average Bonchev–Trinajstić information content (AvgIpc) is 3.21. The second-order valence-corrected chi connectivity index (χ2v) is 6.73. The molecule has 0 saturated carbocycles. The average molecular weight is 404 g/mol. The summed E-state index contributed by atoms with van der Waals surface area (Å²) in [6, 6.07) is 10.9. The van der Waals surface area contributed by atoms with Gasteiger partial charge < -0.3 is 19.6 Å². The molecule has 0 aliphatic carbocycles. The number of aromatic amines is 1. The summed E-state index contributed by atoms with van der Waals surface area (Å²) in [5.41, 5.74) is 4.75. The number of carboxylic acids is 1. The molecule has 0 bridgehead atoms. The molecule has 0 spiro atoms. The van der Waals surface area contributed by atoms with Gasteiger partial charge in [-0.15, -0.1) is 0 Å². The molecule has 3 heterocycles. The van der Waals surface area contributed by atoms with Gasteiger partial charge in [-0.1, -0.05) is 0 Å². The van der Waals surface area contributed by atoms with E-state index in [1.54, 1.807) is 26.5 Å². The Morgan fingerprint density at radius 1 is 1.03 bits per heavy atom. The minimum absolute atomic E-state index is 0.0125. The van der Waals surface area contributed by atoms with Gasteiger partial charge in [0, 0.05) is 23.5 Å². The largest absolute Gasteiger partial charge is 0.497 e.